The first-order chi connectivity index (χ1) is 15.9. The molecule has 1 aliphatic rings. The number of furan rings is 1. The van der Waals surface area contributed by atoms with Gasteiger partial charge in [0.25, 0.3) is 5.91 Å². The Morgan fingerprint density at radius 3 is 2.76 bits per heavy atom. The second-order valence-electron chi connectivity index (χ2n) is 7.43. The quantitative estimate of drug-likeness (QED) is 0.377. The molecule has 4 rings (SSSR count). The van der Waals surface area contributed by atoms with Crippen LogP contribution in [0.15, 0.2) is 40.9 Å². The van der Waals surface area contributed by atoms with Crippen LogP contribution in [0.25, 0.3) is 11.5 Å². The van der Waals surface area contributed by atoms with Crippen molar-refractivity contribution in [2.24, 2.45) is 0 Å². The number of aliphatic hydroxyl groups is 3. The van der Waals surface area contributed by atoms with E-state index < -0.39 is 12.3 Å². The number of anilines is 1. The Labute approximate surface area is 199 Å². The predicted molar refractivity (Wildman–Crippen MR) is 122 cm³/mol. The van der Waals surface area contributed by atoms with Crippen molar-refractivity contribution >= 4 is 35.1 Å². The molecule has 0 aliphatic carbocycles. The number of nitrogens with zero attached hydrogens (tertiary/aromatic N) is 3. The number of hydrogen-bond acceptors (Lipinski definition) is 8. The summed E-state index contributed by atoms with van der Waals surface area (Å²) in [7, 11) is 0. The summed E-state index contributed by atoms with van der Waals surface area (Å²) in [6.45, 7) is -0.368. The molecular formula is C22H21Cl2N4O5. The minimum absolute atomic E-state index is 0.136. The first kappa shape index (κ1) is 23.5. The van der Waals surface area contributed by atoms with Crippen LogP contribution in [0.1, 0.15) is 21.7 Å². The average Bonchev–Trinajstić information content (AvgIpc) is 3.24. The van der Waals surface area contributed by atoms with Gasteiger partial charge >= 0.3 is 0 Å². The highest BCUT2D eigenvalue weighted by Crippen LogP contribution is 2.33. The van der Waals surface area contributed by atoms with Gasteiger partial charge in [0.15, 0.2) is 5.76 Å². The molecule has 0 saturated carbocycles. The number of carbonyl (C=O) groups is 1. The van der Waals surface area contributed by atoms with Crippen molar-refractivity contribution in [3.05, 3.63) is 69.9 Å². The lowest BCUT2D eigenvalue weighted by atomic mass is 10.0. The Bertz CT molecular complexity index is 1150. The van der Waals surface area contributed by atoms with Crippen molar-refractivity contribution in [2.75, 3.05) is 25.1 Å². The van der Waals surface area contributed by atoms with E-state index in [0.717, 1.165) is 0 Å². The summed E-state index contributed by atoms with van der Waals surface area (Å²) in [5.74, 6) is 0.482. The van der Waals surface area contributed by atoms with Crippen molar-refractivity contribution in [1.82, 2.24) is 14.9 Å². The van der Waals surface area contributed by atoms with E-state index in [1.165, 1.54) is 17.2 Å². The molecule has 0 unspecified atom stereocenters. The van der Waals surface area contributed by atoms with Gasteiger partial charge in [-0.1, -0.05) is 35.3 Å². The van der Waals surface area contributed by atoms with Crippen LogP contribution >= 0.6 is 23.2 Å². The third kappa shape index (κ3) is 5.13. The number of nitrogens with one attached hydrogen (secondary N) is 1. The van der Waals surface area contributed by atoms with Gasteiger partial charge in [0.2, 0.25) is 5.95 Å². The second-order valence-corrected chi connectivity index (χ2v) is 8.27. The van der Waals surface area contributed by atoms with Gasteiger partial charge in [-0.25, -0.2) is 9.97 Å². The largest absolute Gasteiger partial charge is 0.458 e. The van der Waals surface area contributed by atoms with Crippen molar-refractivity contribution in [3.63, 3.8) is 0 Å². The number of fused-ring (bicyclic) bond motifs is 1. The molecule has 0 fully saturated rings. The minimum Gasteiger partial charge on any atom is -0.458 e. The van der Waals surface area contributed by atoms with Crippen LogP contribution in [0.4, 0.5) is 5.95 Å². The van der Waals surface area contributed by atoms with Gasteiger partial charge in [-0.05, 0) is 23.8 Å². The molecular weight excluding hydrogens is 471 g/mol. The van der Waals surface area contributed by atoms with Gasteiger partial charge in [-0.2, -0.15) is 0 Å². The summed E-state index contributed by atoms with van der Waals surface area (Å²) in [4.78, 5) is 22.7. The molecule has 173 valence electrons. The Morgan fingerprint density at radius 1 is 1.24 bits per heavy atom. The van der Waals surface area contributed by atoms with Crippen LogP contribution in [0, 0.1) is 6.42 Å². The van der Waals surface area contributed by atoms with Gasteiger partial charge in [0.1, 0.15) is 17.7 Å². The maximum Gasteiger partial charge on any atom is 0.259 e. The topological polar surface area (TPSA) is 132 Å². The van der Waals surface area contributed by atoms with E-state index in [9.17, 15) is 20.1 Å². The zero-order valence-electron chi connectivity index (χ0n) is 17.3. The summed E-state index contributed by atoms with van der Waals surface area (Å²) in [6, 6.07) is 7.86. The van der Waals surface area contributed by atoms with Crippen LogP contribution in [0.2, 0.25) is 10.0 Å². The maximum absolute atomic E-state index is 13.1. The smallest absolute Gasteiger partial charge is 0.259 e. The van der Waals surface area contributed by atoms with E-state index in [0.29, 0.717) is 28.3 Å². The number of aromatic nitrogens is 2. The molecule has 1 aliphatic heterocycles. The molecule has 4 N–H and O–H groups in total. The highest BCUT2D eigenvalue weighted by molar-refractivity contribution is 6.32. The van der Waals surface area contributed by atoms with Gasteiger partial charge < -0.3 is 30.0 Å². The highest BCUT2D eigenvalue weighted by atomic mass is 35.5. The lowest BCUT2D eigenvalue weighted by molar-refractivity contribution is 0.0220. The number of amides is 1. The Kier molecular flexibility index (Phi) is 7.16. The molecule has 1 atom stereocenters. The second kappa shape index (κ2) is 10.1. The van der Waals surface area contributed by atoms with Crippen molar-refractivity contribution in [2.45, 2.75) is 18.7 Å². The third-order valence-electron chi connectivity index (χ3n) is 5.14. The molecule has 1 amide bonds. The molecule has 0 spiro atoms. The van der Waals surface area contributed by atoms with E-state index in [2.05, 4.69) is 15.3 Å². The monoisotopic (exact) mass is 491 g/mol. The maximum atomic E-state index is 13.1. The number of hydrogen-bond donors (Lipinski definition) is 4. The predicted octanol–water partition coefficient (Wildman–Crippen LogP) is 2.38. The molecule has 1 aromatic carbocycles. The summed E-state index contributed by atoms with van der Waals surface area (Å²) in [6.07, 6.45) is 2.16. The summed E-state index contributed by atoms with van der Waals surface area (Å²) >= 11 is 12.2. The fourth-order valence-electron chi connectivity index (χ4n) is 3.46. The molecule has 0 saturated heterocycles. The zero-order valence-corrected chi connectivity index (χ0v) is 18.8. The van der Waals surface area contributed by atoms with E-state index >= 15 is 0 Å². The number of halogens is 2. The van der Waals surface area contributed by atoms with E-state index in [-0.39, 0.29) is 48.1 Å². The molecule has 33 heavy (non-hydrogen) atoms. The number of carbonyl (C=O) groups excluding carboxylic acids is 1. The lowest BCUT2D eigenvalue weighted by Gasteiger charge is -2.30. The van der Waals surface area contributed by atoms with E-state index in [1.54, 1.807) is 30.7 Å². The zero-order chi connectivity index (χ0) is 23.5. The van der Waals surface area contributed by atoms with Crippen molar-refractivity contribution < 1.29 is 24.5 Å². The Balaban J connectivity index is 1.55. The number of benzene rings is 1. The van der Waals surface area contributed by atoms with Crippen LogP contribution < -0.4 is 5.32 Å². The van der Waals surface area contributed by atoms with Crippen LogP contribution in [0.5, 0.6) is 0 Å². The first-order valence-electron chi connectivity index (χ1n) is 10.1. The summed E-state index contributed by atoms with van der Waals surface area (Å²) in [5, 5.41) is 32.7. The number of rotatable bonds is 8. The van der Waals surface area contributed by atoms with Crippen molar-refractivity contribution in [1.29, 1.82) is 0 Å². The summed E-state index contributed by atoms with van der Waals surface area (Å²) in [5.41, 5.74) is 1.25. The van der Waals surface area contributed by atoms with Gasteiger partial charge in [-0.15, -0.1) is 0 Å². The van der Waals surface area contributed by atoms with Gasteiger partial charge in [0.05, 0.1) is 36.0 Å². The first-order valence-corrected chi connectivity index (χ1v) is 10.9. The average molecular weight is 492 g/mol. The van der Waals surface area contributed by atoms with E-state index in [1.807, 2.05) is 0 Å². The Hall–Kier alpha value is -2.69. The lowest BCUT2D eigenvalue weighted by Crippen LogP contribution is -2.44. The van der Waals surface area contributed by atoms with Crippen molar-refractivity contribution in [3.8, 4) is 11.5 Å². The SMILES string of the molecule is O=C1c2cc(-c3nc(NC(CO)CO)ncc3Cl)oc2CCN1[C@@H](O)[CH]c1cccc(Cl)c1. The number of aliphatic hydroxyl groups excluding tert-OH is 3. The minimum atomic E-state index is -1.14. The van der Waals surface area contributed by atoms with Crippen LogP contribution in [-0.2, 0) is 6.42 Å². The van der Waals surface area contributed by atoms with E-state index in [4.69, 9.17) is 27.6 Å². The molecule has 11 heteroatoms. The summed E-state index contributed by atoms with van der Waals surface area (Å²) < 4.78 is 5.86. The fraction of sp³-hybridized carbons (Fsp3) is 0.273. The van der Waals surface area contributed by atoms with Crippen LogP contribution in [-0.4, -0.2) is 68.1 Å². The fourth-order valence-corrected chi connectivity index (χ4v) is 3.84. The molecule has 3 heterocycles. The molecule has 0 bridgehead atoms. The Morgan fingerprint density at radius 2 is 2.03 bits per heavy atom. The van der Waals surface area contributed by atoms with Gasteiger partial charge in [-0.3, -0.25) is 4.79 Å². The molecule has 3 aromatic rings. The molecule has 1 radical (unpaired) electrons. The molecule has 9 nitrogen and oxygen atoms in total. The van der Waals surface area contributed by atoms with Gasteiger partial charge in [0, 0.05) is 24.4 Å². The third-order valence-corrected chi connectivity index (χ3v) is 5.65. The highest BCUT2D eigenvalue weighted by Gasteiger charge is 2.33. The normalized spacial score (nSPS) is 14.5. The molecule has 2 aromatic heterocycles. The van der Waals surface area contributed by atoms with Crippen LogP contribution in [0.3, 0.4) is 0 Å². The standard InChI is InChI=1S/C22H21Cl2N4O5/c23-13-3-1-2-12(6-13)7-19(31)28-5-4-17-15(21(28)32)8-18(33-17)20-16(24)9-25-22(27-20)26-14(10-29)11-30/h1-3,6-9,14,19,29-31H,4-5,10-11H2,(H,25,26,27)/t19-/m0/s1.